The number of halogens is 3. The first-order valence-electron chi connectivity index (χ1n) is 7.75. The van der Waals surface area contributed by atoms with Crippen LogP contribution in [-0.2, 0) is 0 Å². The second-order valence-corrected chi connectivity index (χ2v) is 6.53. The molecule has 1 unspecified atom stereocenters. The van der Waals surface area contributed by atoms with Crippen LogP contribution in [0.1, 0.15) is 11.1 Å². The molecule has 0 aliphatic carbocycles. The maximum absolute atomic E-state index is 9.98. The largest absolute Gasteiger partial charge is 0.489 e. The van der Waals surface area contributed by atoms with Gasteiger partial charge in [0.05, 0.1) is 11.6 Å². The van der Waals surface area contributed by atoms with Gasteiger partial charge in [0.15, 0.2) is 5.96 Å². The van der Waals surface area contributed by atoms with Crippen molar-refractivity contribution >= 4 is 58.8 Å². The molecule has 0 fully saturated rings. The van der Waals surface area contributed by atoms with Crippen molar-refractivity contribution in [3.05, 3.63) is 57.6 Å². The molecule has 0 saturated heterocycles. The fourth-order valence-electron chi connectivity index (χ4n) is 2.27. The summed E-state index contributed by atoms with van der Waals surface area (Å²) in [7, 11) is 0. The smallest absolute Gasteiger partial charge is 0.193 e. The van der Waals surface area contributed by atoms with Crippen molar-refractivity contribution in [2.75, 3.05) is 18.5 Å². The molecule has 1 atom stereocenters. The van der Waals surface area contributed by atoms with Crippen LogP contribution in [0.4, 0.5) is 5.69 Å². The molecule has 8 heteroatoms. The van der Waals surface area contributed by atoms with E-state index in [1.54, 1.807) is 18.2 Å². The summed E-state index contributed by atoms with van der Waals surface area (Å²) < 4.78 is 5.46. The Bertz CT molecular complexity index is 752. The number of ether oxygens (including phenoxy) is 1. The van der Waals surface area contributed by atoms with Gasteiger partial charge in [0, 0.05) is 5.69 Å². The first kappa shape index (κ1) is 22.8. The lowest BCUT2D eigenvalue weighted by molar-refractivity contribution is 0.114. The van der Waals surface area contributed by atoms with Crippen LogP contribution in [-0.4, -0.2) is 30.3 Å². The van der Waals surface area contributed by atoms with E-state index in [0.29, 0.717) is 15.8 Å². The number of aliphatic hydroxyl groups excluding tert-OH is 1. The Labute approximate surface area is 180 Å². The van der Waals surface area contributed by atoms with Crippen LogP contribution >= 0.6 is 47.2 Å². The molecule has 0 heterocycles. The van der Waals surface area contributed by atoms with Gasteiger partial charge in [-0.2, -0.15) is 0 Å². The minimum absolute atomic E-state index is 0. The van der Waals surface area contributed by atoms with Gasteiger partial charge in [-0.15, -0.1) is 24.0 Å². The van der Waals surface area contributed by atoms with Gasteiger partial charge >= 0.3 is 0 Å². The summed E-state index contributed by atoms with van der Waals surface area (Å²) in [6, 6.07) is 11.1. The number of aliphatic hydroxyl groups is 1. The molecular weight excluding hydrogens is 488 g/mol. The van der Waals surface area contributed by atoms with E-state index in [-0.39, 0.29) is 43.1 Å². The molecule has 0 aliphatic heterocycles. The van der Waals surface area contributed by atoms with Gasteiger partial charge in [-0.25, -0.2) is 0 Å². The summed E-state index contributed by atoms with van der Waals surface area (Å²) in [5.74, 6) is 0.642. The Morgan fingerprint density at radius 1 is 1.23 bits per heavy atom. The lowest BCUT2D eigenvalue weighted by Gasteiger charge is -2.13. The molecule has 0 spiro atoms. The predicted molar refractivity (Wildman–Crippen MR) is 119 cm³/mol. The summed E-state index contributed by atoms with van der Waals surface area (Å²) >= 11 is 11.9. The third-order valence-corrected chi connectivity index (χ3v) is 4.12. The molecule has 0 aliphatic rings. The Kier molecular flexibility index (Phi) is 9.49. The maximum Gasteiger partial charge on any atom is 0.193 e. The van der Waals surface area contributed by atoms with Gasteiger partial charge in [0.2, 0.25) is 0 Å². The van der Waals surface area contributed by atoms with Crippen LogP contribution in [0.5, 0.6) is 5.75 Å². The molecule has 142 valence electrons. The van der Waals surface area contributed by atoms with E-state index < -0.39 is 6.10 Å². The monoisotopic (exact) mass is 509 g/mol. The Balaban J connectivity index is 0.00000338. The summed E-state index contributed by atoms with van der Waals surface area (Å²) in [5.41, 5.74) is 8.96. The highest BCUT2D eigenvalue weighted by molar-refractivity contribution is 14.0. The molecule has 0 saturated carbocycles. The number of rotatable bonds is 6. The molecule has 2 aromatic carbocycles. The fraction of sp³-hybridized carbons (Fsp3) is 0.278. The van der Waals surface area contributed by atoms with Crippen LogP contribution in [0, 0.1) is 13.8 Å². The van der Waals surface area contributed by atoms with Gasteiger partial charge in [-0.1, -0.05) is 35.3 Å². The summed E-state index contributed by atoms with van der Waals surface area (Å²) in [6.45, 7) is 4.14. The molecule has 0 radical (unpaired) electrons. The Hall–Kier alpha value is -1.22. The van der Waals surface area contributed by atoms with Crippen LogP contribution in [0.25, 0.3) is 0 Å². The summed E-state index contributed by atoms with van der Waals surface area (Å²) in [5, 5.41) is 13.7. The third kappa shape index (κ3) is 7.19. The fourth-order valence-corrected chi connectivity index (χ4v) is 2.62. The van der Waals surface area contributed by atoms with Crippen LogP contribution in [0.3, 0.4) is 0 Å². The normalized spacial score (nSPS) is 12.3. The third-order valence-electron chi connectivity index (χ3n) is 3.31. The second-order valence-electron chi connectivity index (χ2n) is 5.74. The number of nitrogens with zero attached hydrogens (tertiary/aromatic N) is 1. The number of aryl methyl sites for hydroxylation is 2. The first-order valence-corrected chi connectivity index (χ1v) is 8.51. The quantitative estimate of drug-likeness (QED) is 0.306. The van der Waals surface area contributed by atoms with Crippen molar-refractivity contribution in [3.8, 4) is 5.75 Å². The number of benzene rings is 2. The number of guanidine groups is 1. The van der Waals surface area contributed by atoms with E-state index in [9.17, 15) is 5.11 Å². The molecule has 0 bridgehead atoms. The molecule has 2 rings (SSSR count). The van der Waals surface area contributed by atoms with E-state index in [1.807, 2.05) is 26.0 Å². The zero-order valence-electron chi connectivity index (χ0n) is 14.5. The van der Waals surface area contributed by atoms with E-state index in [1.165, 1.54) is 0 Å². The predicted octanol–water partition coefficient (Wildman–Crippen LogP) is 4.39. The molecule has 0 amide bonds. The lowest BCUT2D eigenvalue weighted by atomic mass is 10.1. The average molecular weight is 510 g/mol. The van der Waals surface area contributed by atoms with Crippen molar-refractivity contribution in [1.29, 1.82) is 0 Å². The number of hydrogen-bond acceptors (Lipinski definition) is 3. The summed E-state index contributed by atoms with van der Waals surface area (Å²) in [6.07, 6.45) is -0.824. The molecule has 2 aromatic rings. The molecule has 26 heavy (non-hydrogen) atoms. The van der Waals surface area contributed by atoms with Crippen LogP contribution in [0.2, 0.25) is 10.0 Å². The maximum atomic E-state index is 9.98. The van der Waals surface area contributed by atoms with Crippen LogP contribution in [0.15, 0.2) is 41.4 Å². The van der Waals surface area contributed by atoms with E-state index >= 15 is 0 Å². The van der Waals surface area contributed by atoms with Crippen molar-refractivity contribution < 1.29 is 9.84 Å². The molecule has 0 aromatic heterocycles. The van der Waals surface area contributed by atoms with Gasteiger partial charge in [-0.05, 0) is 49.2 Å². The molecular formula is C18H22Cl2IN3O2. The van der Waals surface area contributed by atoms with Crippen molar-refractivity contribution in [1.82, 2.24) is 0 Å². The molecule has 5 nitrogen and oxygen atoms in total. The van der Waals surface area contributed by atoms with E-state index in [0.717, 1.165) is 16.8 Å². The number of nitrogens with one attached hydrogen (secondary N) is 1. The van der Waals surface area contributed by atoms with Crippen LogP contribution < -0.4 is 15.8 Å². The van der Waals surface area contributed by atoms with Crippen molar-refractivity contribution in [3.63, 3.8) is 0 Å². The molecule has 4 N–H and O–H groups in total. The zero-order chi connectivity index (χ0) is 18.4. The SMILES string of the molecule is Cc1cc(C)cc(NC(N)=NCC(O)COc2cccc(Cl)c2Cl)c1.I. The highest BCUT2D eigenvalue weighted by Gasteiger charge is 2.09. The Morgan fingerprint density at radius 2 is 1.88 bits per heavy atom. The van der Waals surface area contributed by atoms with E-state index in [4.69, 9.17) is 33.7 Å². The van der Waals surface area contributed by atoms with Gasteiger partial charge in [-0.3, -0.25) is 4.99 Å². The standard InChI is InChI=1S/C18H21Cl2N3O2.HI/c1-11-6-12(2)8-13(7-11)23-18(21)22-9-14(24)10-25-16-5-3-4-15(19)17(16)20;/h3-8,14,24H,9-10H2,1-2H3,(H3,21,22,23);1H. The topological polar surface area (TPSA) is 79.9 Å². The Morgan fingerprint density at radius 3 is 2.54 bits per heavy atom. The van der Waals surface area contributed by atoms with Crippen molar-refractivity contribution in [2.24, 2.45) is 10.7 Å². The number of nitrogens with two attached hydrogens (primary N) is 1. The zero-order valence-corrected chi connectivity index (χ0v) is 18.3. The second kappa shape index (κ2) is 10.8. The minimum Gasteiger partial charge on any atom is -0.489 e. The minimum atomic E-state index is -0.824. The highest BCUT2D eigenvalue weighted by Crippen LogP contribution is 2.31. The average Bonchev–Trinajstić information content (AvgIpc) is 2.53. The van der Waals surface area contributed by atoms with Gasteiger partial charge < -0.3 is 20.9 Å². The van der Waals surface area contributed by atoms with Gasteiger partial charge in [0.1, 0.15) is 23.5 Å². The highest BCUT2D eigenvalue weighted by atomic mass is 127. The summed E-state index contributed by atoms with van der Waals surface area (Å²) in [4.78, 5) is 4.13. The van der Waals surface area contributed by atoms with Gasteiger partial charge in [0.25, 0.3) is 0 Å². The first-order chi connectivity index (χ1) is 11.8. The lowest BCUT2D eigenvalue weighted by Crippen LogP contribution is -2.27. The number of aliphatic imine (C=N–C) groups is 1. The van der Waals surface area contributed by atoms with Crippen molar-refractivity contribution in [2.45, 2.75) is 20.0 Å². The van der Waals surface area contributed by atoms with E-state index in [2.05, 4.69) is 16.4 Å². The number of anilines is 1. The number of hydrogen-bond donors (Lipinski definition) is 3.